The molecule has 1 aromatic carbocycles. The van der Waals surface area contributed by atoms with E-state index in [1.54, 1.807) is 46.8 Å². The van der Waals surface area contributed by atoms with Gasteiger partial charge in [-0.25, -0.2) is 3.53 Å². The van der Waals surface area contributed by atoms with Crippen molar-refractivity contribution in [1.29, 1.82) is 0 Å². The number of ketones is 2. The molecule has 0 bridgehead atoms. The van der Waals surface area contributed by atoms with Crippen LogP contribution in [0.1, 0.15) is 164 Å². The Morgan fingerprint density at radius 1 is 0.640 bits per heavy atom. The molecule has 22 nitrogen and oxygen atoms in total. The van der Waals surface area contributed by atoms with Crippen molar-refractivity contribution in [2.45, 2.75) is 212 Å². The Kier molecular flexibility index (Phi) is 31.1. The number of hydrogen-bond donors (Lipinski definition) is 12. The minimum absolute atomic E-state index is 0.0817. The van der Waals surface area contributed by atoms with Gasteiger partial charge in [-0.1, -0.05) is 91.2 Å². The Labute approximate surface area is 456 Å². The van der Waals surface area contributed by atoms with E-state index < -0.39 is 107 Å². The van der Waals surface area contributed by atoms with Gasteiger partial charge in [0.25, 0.3) is 0 Å². The number of aliphatic carboxylic acids is 1. The molecule has 0 aliphatic heterocycles. The second-order valence-corrected chi connectivity index (χ2v) is 20.8. The van der Waals surface area contributed by atoms with Crippen LogP contribution in [0.3, 0.4) is 0 Å². The summed E-state index contributed by atoms with van der Waals surface area (Å²) in [7, 11) is 0. The zero-order chi connectivity index (χ0) is 57.1. The number of phenolic OH excluding ortho intramolecular Hbond substituents is 1. The molecule has 0 aliphatic rings. The van der Waals surface area contributed by atoms with E-state index in [1.807, 2.05) is 29.8 Å². The number of rotatable bonds is 39. The summed E-state index contributed by atoms with van der Waals surface area (Å²) < 4.78 is 3.03. The number of carbonyl (C=O) groups excluding carboxylic acids is 9. The Morgan fingerprint density at radius 3 is 1.65 bits per heavy atom. The SMILES string of the molecule is CC[C@H](C)[C@H](NC(=O)[C@H](CCC(N)=O)NC(=O)[C@H](CC(=O)O)NC(=O)[C@@H](NC(=O)[C@](C)(CCCCCCCCC(C)(NC(=O)[C@H](CCCCN)NC(=O)[C@@H](N)Cc1ccc(O)cc1)C(C)=O)NI)[C@@H](C)CC)C(C)=O. The molecule has 424 valence electrons. The third kappa shape index (κ3) is 24.5. The van der Waals surface area contributed by atoms with Gasteiger partial charge in [-0.2, -0.15) is 0 Å². The average molecular weight is 1170 g/mol. The van der Waals surface area contributed by atoms with Crippen LogP contribution in [0, 0.1) is 11.8 Å². The van der Waals surface area contributed by atoms with Crippen molar-refractivity contribution in [2.75, 3.05) is 6.54 Å². The van der Waals surface area contributed by atoms with Gasteiger partial charge in [-0.15, -0.1) is 0 Å². The van der Waals surface area contributed by atoms with Crippen LogP contribution >= 0.6 is 22.9 Å². The molecule has 23 heteroatoms. The zero-order valence-corrected chi connectivity index (χ0v) is 47.4. The van der Waals surface area contributed by atoms with Crippen molar-refractivity contribution in [3.63, 3.8) is 0 Å². The normalized spacial score (nSPS) is 16.1. The number of nitrogens with one attached hydrogen (secondary N) is 7. The molecule has 0 aliphatic carbocycles. The van der Waals surface area contributed by atoms with Crippen LogP contribution in [0.5, 0.6) is 5.75 Å². The molecule has 1 rings (SSSR count). The van der Waals surface area contributed by atoms with E-state index >= 15 is 0 Å². The molecule has 0 saturated heterocycles. The number of unbranched alkanes of at least 4 members (excludes halogenated alkanes) is 6. The first-order valence-corrected chi connectivity index (χ1v) is 27.2. The van der Waals surface area contributed by atoms with Crippen LogP contribution in [-0.2, 0) is 54.4 Å². The fraction of sp³-hybridized carbons (Fsp3) is 0.692. The number of hydrogen-bond acceptors (Lipinski definition) is 14. The molecule has 0 aromatic heterocycles. The van der Waals surface area contributed by atoms with E-state index in [2.05, 4.69) is 35.4 Å². The van der Waals surface area contributed by atoms with Crippen molar-refractivity contribution in [3.05, 3.63) is 29.8 Å². The summed E-state index contributed by atoms with van der Waals surface area (Å²) in [5, 5.41) is 35.3. The number of carboxylic acids is 1. The molecule has 1 aromatic rings. The van der Waals surface area contributed by atoms with E-state index in [9.17, 15) is 58.2 Å². The highest BCUT2D eigenvalue weighted by Crippen LogP contribution is 2.22. The zero-order valence-electron chi connectivity index (χ0n) is 45.2. The highest BCUT2D eigenvalue weighted by molar-refractivity contribution is 14.1. The molecule has 10 atom stereocenters. The van der Waals surface area contributed by atoms with Gasteiger partial charge in [0.1, 0.15) is 35.5 Å². The lowest BCUT2D eigenvalue weighted by atomic mass is 9.89. The van der Waals surface area contributed by atoms with Crippen molar-refractivity contribution in [2.24, 2.45) is 29.0 Å². The van der Waals surface area contributed by atoms with Crippen molar-refractivity contribution in [1.82, 2.24) is 35.4 Å². The molecule has 75 heavy (non-hydrogen) atoms. The van der Waals surface area contributed by atoms with Gasteiger partial charge in [0.15, 0.2) is 11.6 Å². The summed E-state index contributed by atoms with van der Waals surface area (Å²) in [6.07, 6.45) is 6.19. The molecule has 1 unspecified atom stereocenters. The largest absolute Gasteiger partial charge is 0.508 e. The Bertz CT molecular complexity index is 2060. The van der Waals surface area contributed by atoms with Gasteiger partial charge in [-0.3, -0.25) is 47.9 Å². The van der Waals surface area contributed by atoms with Crippen molar-refractivity contribution < 1.29 is 58.2 Å². The lowest BCUT2D eigenvalue weighted by Gasteiger charge is -2.32. The van der Waals surface area contributed by atoms with Gasteiger partial charge in [-0.05, 0) is 109 Å². The number of carboxylic acid groups (broad SMARTS) is 1. The molecular weight excluding hydrogens is 1080 g/mol. The van der Waals surface area contributed by atoms with E-state index in [0.29, 0.717) is 64.3 Å². The third-order valence-corrected chi connectivity index (χ3v) is 15.0. The summed E-state index contributed by atoms with van der Waals surface area (Å²) in [6, 6.07) is -0.825. The van der Waals surface area contributed by atoms with Crippen LogP contribution in [-0.4, -0.2) is 123 Å². The standard InChI is InChI=1S/C52H87IN10O12/c1-9-31(3)43(33(5)64)60-46(71)39(24-25-41(56)67)58-47(72)40(30-42(68)69)59-49(74)44(32(4)10-2)61-50(75)52(8,63-53)27-17-14-12-11-13-16-26-51(7,34(6)65)62-48(73)38(19-15-18-28-54)57-45(70)37(55)29-35-20-22-36(66)23-21-35/h20-23,31-32,37-40,43-44,63,66H,9-19,24-30,54-55H2,1-8H3,(H2,56,67)(H,57,70)(H,58,72)(H,59,74)(H,60,71)(H,61,75)(H,62,73)(H,68,69)/t31-,32-,37-,38-,39-,40-,43-,44-,51?,52-/m0/s1. The average Bonchev–Trinajstić information content (AvgIpc) is 3.35. The van der Waals surface area contributed by atoms with Gasteiger partial charge < -0.3 is 59.3 Å². The predicted octanol–water partition coefficient (Wildman–Crippen LogP) is 2.52. The predicted molar refractivity (Wildman–Crippen MR) is 292 cm³/mol. The van der Waals surface area contributed by atoms with Crippen molar-refractivity contribution >= 4 is 81.8 Å². The number of halogens is 1. The van der Waals surface area contributed by atoms with Gasteiger partial charge in [0.2, 0.25) is 41.4 Å². The number of phenols is 1. The maximum atomic E-state index is 13.9. The number of amides is 7. The molecular formula is C52H87IN10O12. The number of benzene rings is 1. The van der Waals surface area contributed by atoms with Gasteiger partial charge >= 0.3 is 5.97 Å². The van der Waals surface area contributed by atoms with Crippen LogP contribution in [0.15, 0.2) is 24.3 Å². The summed E-state index contributed by atoms with van der Waals surface area (Å²) in [5.74, 6) is -7.66. The quantitative estimate of drug-likeness (QED) is 0.0256. The highest BCUT2D eigenvalue weighted by atomic mass is 127. The minimum atomic E-state index is -1.71. The molecule has 0 radical (unpaired) electrons. The van der Waals surface area contributed by atoms with E-state index in [1.165, 1.54) is 26.0 Å². The molecule has 0 saturated carbocycles. The molecule has 0 fully saturated rings. The van der Waals surface area contributed by atoms with Crippen LogP contribution in [0.25, 0.3) is 0 Å². The number of primary amides is 1. The maximum absolute atomic E-state index is 13.9. The molecule has 0 heterocycles. The number of carbonyl (C=O) groups is 10. The smallest absolute Gasteiger partial charge is 0.305 e. The summed E-state index contributed by atoms with van der Waals surface area (Å²) >= 11 is 1.88. The Balaban J connectivity index is 2.95. The first kappa shape index (κ1) is 67.7. The molecule has 7 amide bonds. The minimum Gasteiger partial charge on any atom is -0.508 e. The van der Waals surface area contributed by atoms with Gasteiger partial charge in [0, 0.05) is 29.3 Å². The lowest BCUT2D eigenvalue weighted by Crippen LogP contribution is -2.61. The number of aromatic hydroxyl groups is 1. The van der Waals surface area contributed by atoms with E-state index in [4.69, 9.17) is 17.2 Å². The van der Waals surface area contributed by atoms with Gasteiger partial charge in [0.05, 0.1) is 24.0 Å². The van der Waals surface area contributed by atoms with Crippen LogP contribution in [0.4, 0.5) is 0 Å². The summed E-state index contributed by atoms with van der Waals surface area (Å²) in [4.78, 5) is 131. The molecule has 15 N–H and O–H groups in total. The first-order valence-electron chi connectivity index (χ1n) is 26.2. The maximum Gasteiger partial charge on any atom is 0.305 e. The van der Waals surface area contributed by atoms with E-state index in [-0.39, 0.29) is 42.5 Å². The topological polar surface area (TPSA) is 373 Å². The van der Waals surface area contributed by atoms with Crippen LogP contribution < -0.4 is 52.6 Å². The van der Waals surface area contributed by atoms with Crippen molar-refractivity contribution in [3.8, 4) is 5.75 Å². The van der Waals surface area contributed by atoms with Crippen LogP contribution in [0.2, 0.25) is 0 Å². The summed E-state index contributed by atoms with van der Waals surface area (Å²) in [6.45, 7) is 13.6. The fourth-order valence-electron chi connectivity index (χ4n) is 8.18. The molecule has 0 spiro atoms. The lowest BCUT2D eigenvalue weighted by molar-refractivity contribution is -0.142. The highest BCUT2D eigenvalue weighted by Gasteiger charge is 2.39. The second kappa shape index (κ2) is 34.4. The monoisotopic (exact) mass is 1170 g/mol. The Hall–Kier alpha value is -5.27. The number of nitrogens with two attached hydrogens (primary N) is 3. The second-order valence-electron chi connectivity index (χ2n) is 20.3. The van der Waals surface area contributed by atoms with E-state index in [0.717, 1.165) is 31.2 Å². The first-order chi connectivity index (χ1) is 35.2. The number of Topliss-reactive ketones (excluding diaryl/α,β-unsaturated/α-hetero) is 2. The Morgan fingerprint density at radius 2 is 1.15 bits per heavy atom. The fourth-order valence-corrected chi connectivity index (χ4v) is 8.70. The summed E-state index contributed by atoms with van der Waals surface area (Å²) in [5.41, 5.74) is 15.6. The third-order valence-electron chi connectivity index (χ3n) is 13.9.